The maximum atomic E-state index is 14.0. The van der Waals surface area contributed by atoms with Crippen molar-refractivity contribution in [3.8, 4) is 17.4 Å². The van der Waals surface area contributed by atoms with E-state index in [4.69, 9.17) is 25.8 Å². The summed E-state index contributed by atoms with van der Waals surface area (Å²) in [5.41, 5.74) is 1.32. The van der Waals surface area contributed by atoms with Gasteiger partial charge in [0.05, 0.1) is 18.7 Å². The molecule has 1 N–H and O–H groups in total. The lowest BCUT2D eigenvalue weighted by molar-refractivity contribution is 0.279. The van der Waals surface area contributed by atoms with E-state index < -0.39 is 5.82 Å². The first-order chi connectivity index (χ1) is 15.1. The van der Waals surface area contributed by atoms with Crippen molar-refractivity contribution in [2.45, 2.75) is 19.6 Å². The zero-order valence-corrected chi connectivity index (χ0v) is 19.4. The topological polar surface area (TPSA) is 52.6 Å². The van der Waals surface area contributed by atoms with Crippen molar-refractivity contribution in [2.24, 2.45) is 0 Å². The number of nitrogens with one attached hydrogen (secondary N) is 1. The molecule has 8 heteroatoms. The Morgan fingerprint density at radius 2 is 1.97 bits per heavy atom. The fraction of sp³-hybridized carbons (Fsp3) is 0.261. The summed E-state index contributed by atoms with van der Waals surface area (Å²) in [6.45, 7) is 2.01. The predicted molar refractivity (Wildman–Crippen MR) is 122 cm³/mol. The van der Waals surface area contributed by atoms with Gasteiger partial charge in [-0.05, 0) is 48.9 Å². The van der Waals surface area contributed by atoms with Crippen LogP contribution in [-0.4, -0.2) is 25.2 Å². The van der Waals surface area contributed by atoms with E-state index in [1.807, 2.05) is 30.3 Å². The van der Waals surface area contributed by atoms with E-state index in [1.165, 1.54) is 6.07 Å². The molecule has 5 nitrogen and oxygen atoms in total. The van der Waals surface area contributed by atoms with Crippen LogP contribution in [0.3, 0.4) is 0 Å². The second-order valence-electron chi connectivity index (χ2n) is 6.63. The monoisotopic (exact) mass is 508 g/mol. The summed E-state index contributed by atoms with van der Waals surface area (Å²) in [4.78, 5) is 4.12. The largest absolute Gasteiger partial charge is 0.493 e. The summed E-state index contributed by atoms with van der Waals surface area (Å²) in [5, 5.41) is 3.70. The second kappa shape index (κ2) is 11.9. The minimum atomic E-state index is -0.404. The Bertz CT molecular complexity index is 972. The maximum Gasteiger partial charge on any atom is 0.213 e. The van der Waals surface area contributed by atoms with Gasteiger partial charge < -0.3 is 19.5 Å². The van der Waals surface area contributed by atoms with Crippen molar-refractivity contribution >= 4 is 27.5 Å². The molecule has 1 aromatic heterocycles. The van der Waals surface area contributed by atoms with Crippen molar-refractivity contribution in [2.75, 3.05) is 20.3 Å². The van der Waals surface area contributed by atoms with Crippen molar-refractivity contribution in [1.82, 2.24) is 10.3 Å². The van der Waals surface area contributed by atoms with Crippen LogP contribution in [0.1, 0.15) is 17.5 Å². The van der Waals surface area contributed by atoms with Crippen LogP contribution in [0, 0.1) is 5.82 Å². The summed E-state index contributed by atoms with van der Waals surface area (Å²) in [6, 6.07) is 13.8. The molecule has 0 unspecified atom stereocenters. The first kappa shape index (κ1) is 23.3. The van der Waals surface area contributed by atoms with E-state index in [1.54, 1.807) is 25.4 Å². The highest BCUT2D eigenvalue weighted by molar-refractivity contribution is 9.10. The number of methoxy groups -OCH3 is 1. The number of nitrogens with zero attached hydrogens (tertiary/aromatic N) is 1. The molecule has 0 spiro atoms. The van der Waals surface area contributed by atoms with Crippen molar-refractivity contribution < 1.29 is 18.6 Å². The summed E-state index contributed by atoms with van der Waals surface area (Å²) in [6.07, 6.45) is 2.55. The van der Waals surface area contributed by atoms with Gasteiger partial charge in [-0.1, -0.05) is 39.7 Å². The molecule has 0 saturated carbocycles. The van der Waals surface area contributed by atoms with Crippen LogP contribution < -0.4 is 19.5 Å². The Kier molecular flexibility index (Phi) is 8.94. The molecule has 0 atom stereocenters. The molecule has 164 valence electrons. The fourth-order valence-corrected chi connectivity index (χ4v) is 3.51. The van der Waals surface area contributed by atoms with Crippen LogP contribution in [0.25, 0.3) is 0 Å². The van der Waals surface area contributed by atoms with E-state index in [9.17, 15) is 4.39 Å². The quantitative estimate of drug-likeness (QED) is 0.332. The summed E-state index contributed by atoms with van der Waals surface area (Å²) >= 11 is 9.64. The smallest absolute Gasteiger partial charge is 0.213 e. The molecule has 0 fully saturated rings. The van der Waals surface area contributed by atoms with E-state index in [0.717, 1.165) is 23.0 Å². The number of aromatic nitrogens is 1. The Morgan fingerprint density at radius 3 is 2.71 bits per heavy atom. The van der Waals surface area contributed by atoms with Crippen LogP contribution in [0.4, 0.5) is 4.39 Å². The minimum Gasteiger partial charge on any atom is -0.493 e. The molecule has 0 radical (unpaired) electrons. The normalized spacial score (nSPS) is 10.7. The summed E-state index contributed by atoms with van der Waals surface area (Å²) < 4.78 is 31.7. The highest BCUT2D eigenvalue weighted by Crippen LogP contribution is 2.34. The van der Waals surface area contributed by atoms with Gasteiger partial charge in [0.15, 0.2) is 11.5 Å². The van der Waals surface area contributed by atoms with Gasteiger partial charge in [-0.15, -0.1) is 0 Å². The number of rotatable bonds is 11. The van der Waals surface area contributed by atoms with Gasteiger partial charge in [0.25, 0.3) is 0 Å². The molecule has 0 saturated heterocycles. The molecular weight excluding hydrogens is 487 g/mol. The van der Waals surface area contributed by atoms with Crippen molar-refractivity contribution in [1.29, 1.82) is 0 Å². The first-order valence-electron chi connectivity index (χ1n) is 9.75. The van der Waals surface area contributed by atoms with Gasteiger partial charge in [-0.25, -0.2) is 9.37 Å². The molecule has 0 aliphatic rings. The van der Waals surface area contributed by atoms with Gasteiger partial charge in [0.2, 0.25) is 5.88 Å². The van der Waals surface area contributed by atoms with Gasteiger partial charge in [0.1, 0.15) is 12.4 Å². The van der Waals surface area contributed by atoms with Gasteiger partial charge in [0, 0.05) is 28.8 Å². The number of ether oxygens (including phenoxy) is 3. The number of hydrogen-bond acceptors (Lipinski definition) is 5. The number of benzene rings is 2. The average molecular weight is 510 g/mol. The highest BCUT2D eigenvalue weighted by atomic mass is 79.9. The zero-order valence-electron chi connectivity index (χ0n) is 17.0. The second-order valence-corrected chi connectivity index (χ2v) is 7.89. The molecular formula is C23H23BrClFN2O3. The fourth-order valence-electron chi connectivity index (χ4n) is 2.83. The first-order valence-corrected chi connectivity index (χ1v) is 10.9. The summed E-state index contributed by atoms with van der Waals surface area (Å²) in [5.74, 6) is 1.28. The average Bonchev–Trinajstić information content (AvgIpc) is 2.77. The SMILES string of the molecule is COc1cc(CNCCCOc2ccccn2)c(Br)cc1OCc1c(F)cccc1Cl. The van der Waals surface area contributed by atoms with E-state index >= 15 is 0 Å². The third-order valence-electron chi connectivity index (χ3n) is 4.47. The Balaban J connectivity index is 1.51. The standard InChI is InChI=1S/C23H23BrClFN2O3/c1-29-21-12-16(14-27-9-5-11-30-23-8-2-3-10-28-23)18(24)13-22(21)31-15-17-19(25)6-4-7-20(17)26/h2-4,6-8,10,12-13,27H,5,9,11,14-15H2,1H3. The van der Waals surface area contributed by atoms with Crippen LogP contribution in [0.15, 0.2) is 59.2 Å². The Morgan fingerprint density at radius 1 is 1.10 bits per heavy atom. The molecule has 2 aromatic carbocycles. The van der Waals surface area contributed by atoms with E-state index in [2.05, 4.69) is 26.2 Å². The summed E-state index contributed by atoms with van der Waals surface area (Å²) in [7, 11) is 1.57. The number of hydrogen-bond donors (Lipinski definition) is 1. The van der Waals surface area contributed by atoms with Gasteiger partial charge >= 0.3 is 0 Å². The Labute approximate surface area is 194 Å². The Hall–Kier alpha value is -2.35. The molecule has 1 heterocycles. The third kappa shape index (κ3) is 6.82. The van der Waals surface area contributed by atoms with Gasteiger partial charge in [-0.2, -0.15) is 0 Å². The lowest BCUT2D eigenvalue weighted by atomic mass is 10.2. The lowest BCUT2D eigenvalue weighted by Crippen LogP contribution is -2.17. The zero-order chi connectivity index (χ0) is 22.1. The minimum absolute atomic E-state index is 0.00216. The van der Waals surface area contributed by atoms with Crippen LogP contribution in [-0.2, 0) is 13.2 Å². The van der Waals surface area contributed by atoms with Gasteiger partial charge in [-0.3, -0.25) is 0 Å². The van der Waals surface area contributed by atoms with Crippen LogP contribution in [0.5, 0.6) is 17.4 Å². The third-order valence-corrected chi connectivity index (χ3v) is 5.56. The molecule has 0 aliphatic carbocycles. The molecule has 0 aliphatic heterocycles. The van der Waals surface area contributed by atoms with Crippen LogP contribution in [0.2, 0.25) is 5.02 Å². The van der Waals surface area contributed by atoms with E-state index in [0.29, 0.717) is 41.1 Å². The highest BCUT2D eigenvalue weighted by Gasteiger charge is 2.13. The van der Waals surface area contributed by atoms with Crippen molar-refractivity contribution in [3.63, 3.8) is 0 Å². The molecule has 3 aromatic rings. The maximum absolute atomic E-state index is 14.0. The lowest BCUT2D eigenvalue weighted by Gasteiger charge is -2.15. The van der Waals surface area contributed by atoms with Crippen LogP contribution >= 0.6 is 27.5 Å². The van der Waals surface area contributed by atoms with E-state index in [-0.39, 0.29) is 6.61 Å². The molecule has 31 heavy (non-hydrogen) atoms. The predicted octanol–water partition coefficient (Wildman–Crippen LogP) is 5.78. The molecule has 0 amide bonds. The molecule has 0 bridgehead atoms. The van der Waals surface area contributed by atoms with Crippen molar-refractivity contribution in [3.05, 3.63) is 81.2 Å². The number of pyridine rings is 1. The molecule has 3 rings (SSSR count). The number of halogens is 3.